The van der Waals surface area contributed by atoms with Gasteiger partial charge in [-0.15, -0.1) is 0 Å². The average Bonchev–Trinajstić information content (AvgIpc) is 4.01. The monoisotopic (exact) mass is 703 g/mol. The van der Waals surface area contributed by atoms with E-state index in [9.17, 15) is 4.79 Å². The Morgan fingerprint density at radius 2 is 1.06 bits per heavy atom. The summed E-state index contributed by atoms with van der Waals surface area (Å²) in [5.41, 5.74) is 0.964. The van der Waals surface area contributed by atoms with Crippen molar-refractivity contribution >= 4 is 40.4 Å². The number of amides is 2. The summed E-state index contributed by atoms with van der Waals surface area (Å²) >= 11 is 0. The molecular formula is C43H29NO9. The molecule has 0 aromatic heterocycles. The minimum atomic E-state index is -1.63. The zero-order valence-corrected chi connectivity index (χ0v) is 28.2. The number of benzene rings is 5. The molecule has 260 valence electrons. The van der Waals surface area contributed by atoms with Crippen molar-refractivity contribution in [3.63, 3.8) is 0 Å². The van der Waals surface area contributed by atoms with E-state index in [1.165, 1.54) is 24.1 Å². The smallest absolute Gasteiger partial charge is 0.337 e. The highest BCUT2D eigenvalue weighted by Gasteiger charge is 2.82. The number of nitrogens with zero attached hydrogens (tertiary/aromatic N) is 1. The molecule has 2 amide bonds. The molecule has 2 bridgehead atoms. The van der Waals surface area contributed by atoms with Crippen molar-refractivity contribution < 1.29 is 42.9 Å². The van der Waals surface area contributed by atoms with Gasteiger partial charge in [0.25, 0.3) is 0 Å². The Labute approximate surface area is 303 Å². The van der Waals surface area contributed by atoms with Gasteiger partial charge in [-0.3, -0.25) is 14.4 Å². The zero-order chi connectivity index (χ0) is 36.1. The van der Waals surface area contributed by atoms with E-state index in [0.29, 0.717) is 56.4 Å². The second kappa shape index (κ2) is 11.2. The van der Waals surface area contributed by atoms with E-state index in [1.54, 1.807) is 24.3 Å². The number of Topliss-reactive ketones (excluding diaryl/α,β-unsaturated/α-hetero) is 1. The molecule has 2 fully saturated rings. The summed E-state index contributed by atoms with van der Waals surface area (Å²) in [6.45, 7) is 0.0932. The lowest BCUT2D eigenvalue weighted by atomic mass is 9.59. The summed E-state index contributed by atoms with van der Waals surface area (Å²) in [6, 6.07) is 35.7. The Morgan fingerprint density at radius 3 is 1.51 bits per heavy atom. The third-order valence-electron chi connectivity index (χ3n) is 11.3. The van der Waals surface area contributed by atoms with Crippen LogP contribution in [0.25, 0.3) is 11.1 Å². The number of anilines is 1. The van der Waals surface area contributed by atoms with Gasteiger partial charge in [-0.2, -0.15) is 0 Å². The Hall–Kier alpha value is -6.68. The first-order valence-electron chi connectivity index (χ1n) is 17.2. The van der Waals surface area contributed by atoms with Crippen LogP contribution in [-0.2, 0) is 30.0 Å². The van der Waals surface area contributed by atoms with Gasteiger partial charge in [0.1, 0.15) is 0 Å². The standard InChI is InChI=1S/C43H29NO9/c1-49-40(47)24-12-16-29(17-13-24)44-38(45)36-37(39(44)46)43(28-10-6-3-7-11-28)35(26-15-19-31-33(21-26)53-23-51-31)34(25-14-18-30-32(20-25)52-22-50-30)42(36,41(43)48)27-8-4-2-5-9-27/h2-21,36-37H,22-23H2,1H3/t36-,37-,42-,43-/m0/s1. The van der Waals surface area contributed by atoms with Crippen LogP contribution >= 0.6 is 0 Å². The minimum Gasteiger partial charge on any atom is -0.465 e. The number of fused-ring (bicyclic) bond motifs is 7. The van der Waals surface area contributed by atoms with Crippen molar-refractivity contribution in [1.82, 2.24) is 0 Å². The van der Waals surface area contributed by atoms with E-state index >= 15 is 14.4 Å². The summed E-state index contributed by atoms with van der Waals surface area (Å²) < 4.78 is 28.0. The van der Waals surface area contributed by atoms with E-state index in [1.807, 2.05) is 84.9 Å². The lowest BCUT2D eigenvalue weighted by molar-refractivity contribution is -0.130. The van der Waals surface area contributed by atoms with Crippen LogP contribution in [0.4, 0.5) is 5.69 Å². The SMILES string of the molecule is COC(=O)c1ccc(N2C(=O)[C@@H]3[C@@H](C2=O)[C@@]2(c4ccccc4)C(=O)[C@@]3(c3ccccc3)C(c3ccc4c(c3)OCO4)=C2c2ccc3c(c2)OCO3)cc1. The molecule has 10 heteroatoms. The number of hydrogen-bond donors (Lipinski definition) is 0. The predicted molar refractivity (Wildman–Crippen MR) is 190 cm³/mol. The fourth-order valence-corrected chi connectivity index (χ4v) is 9.35. The van der Waals surface area contributed by atoms with Gasteiger partial charge in [0.05, 0.1) is 41.0 Å². The maximum absolute atomic E-state index is 16.2. The van der Waals surface area contributed by atoms with Gasteiger partial charge in [-0.05, 0) is 81.9 Å². The van der Waals surface area contributed by atoms with Gasteiger partial charge in [-0.1, -0.05) is 72.8 Å². The second-order valence-electron chi connectivity index (χ2n) is 13.6. The van der Waals surface area contributed by atoms with Crippen LogP contribution in [0.2, 0.25) is 0 Å². The number of hydrogen-bond acceptors (Lipinski definition) is 9. The van der Waals surface area contributed by atoms with Crippen molar-refractivity contribution in [3.05, 3.63) is 149 Å². The van der Waals surface area contributed by atoms with Crippen molar-refractivity contribution in [1.29, 1.82) is 0 Å². The van der Waals surface area contributed by atoms with Crippen LogP contribution in [0.5, 0.6) is 23.0 Å². The number of rotatable bonds is 6. The number of carbonyl (C=O) groups excluding carboxylic acids is 4. The molecule has 4 atom stereocenters. The van der Waals surface area contributed by atoms with Gasteiger partial charge in [-0.25, -0.2) is 9.69 Å². The molecule has 53 heavy (non-hydrogen) atoms. The summed E-state index contributed by atoms with van der Waals surface area (Å²) in [5.74, 6) is -1.97. The van der Waals surface area contributed by atoms with E-state index in [4.69, 9.17) is 23.7 Å². The van der Waals surface area contributed by atoms with E-state index in [2.05, 4.69) is 0 Å². The van der Waals surface area contributed by atoms with Crippen LogP contribution in [0.3, 0.4) is 0 Å². The summed E-state index contributed by atoms with van der Waals surface area (Å²) in [4.78, 5) is 60.3. The topological polar surface area (TPSA) is 118 Å². The molecule has 0 N–H and O–H groups in total. The van der Waals surface area contributed by atoms with Crippen molar-refractivity contribution in [2.45, 2.75) is 10.8 Å². The zero-order valence-electron chi connectivity index (χ0n) is 28.2. The summed E-state index contributed by atoms with van der Waals surface area (Å²) in [7, 11) is 1.28. The Morgan fingerprint density at radius 1 is 0.604 bits per heavy atom. The summed E-state index contributed by atoms with van der Waals surface area (Å²) in [5, 5.41) is 0. The molecule has 5 aromatic rings. The lowest BCUT2D eigenvalue weighted by Crippen LogP contribution is -2.45. The predicted octanol–water partition coefficient (Wildman–Crippen LogP) is 6.12. The molecule has 10 rings (SSSR count). The first kappa shape index (κ1) is 31.1. The van der Waals surface area contributed by atoms with Crippen LogP contribution in [-0.4, -0.2) is 44.3 Å². The fraction of sp³-hybridized carbons (Fsp3) is 0.163. The molecule has 0 spiro atoms. The van der Waals surface area contributed by atoms with Crippen LogP contribution in [0.1, 0.15) is 32.6 Å². The lowest BCUT2D eigenvalue weighted by Gasteiger charge is -2.39. The van der Waals surface area contributed by atoms with Gasteiger partial charge >= 0.3 is 5.97 Å². The molecule has 3 heterocycles. The van der Waals surface area contributed by atoms with Crippen LogP contribution in [0, 0.1) is 11.8 Å². The Balaban J connectivity index is 1.32. The number of esters is 1. The molecular weight excluding hydrogens is 674 g/mol. The van der Waals surface area contributed by atoms with Crippen LogP contribution in [0.15, 0.2) is 121 Å². The molecule has 0 radical (unpaired) electrons. The summed E-state index contributed by atoms with van der Waals surface area (Å²) in [6.07, 6.45) is 0. The van der Waals surface area contributed by atoms with Gasteiger partial charge < -0.3 is 23.7 Å². The van der Waals surface area contributed by atoms with Crippen molar-refractivity contribution in [2.24, 2.45) is 11.8 Å². The maximum Gasteiger partial charge on any atom is 0.337 e. The number of carbonyl (C=O) groups is 4. The third-order valence-corrected chi connectivity index (χ3v) is 11.3. The van der Waals surface area contributed by atoms with Crippen molar-refractivity contribution in [3.8, 4) is 23.0 Å². The molecule has 2 aliphatic carbocycles. The first-order chi connectivity index (χ1) is 25.9. The number of ether oxygens (including phenoxy) is 5. The Bertz CT molecular complexity index is 2300. The molecule has 3 aliphatic heterocycles. The molecule has 5 aromatic carbocycles. The number of methoxy groups -OCH3 is 1. The first-order valence-corrected chi connectivity index (χ1v) is 17.2. The highest BCUT2D eigenvalue weighted by atomic mass is 16.7. The fourth-order valence-electron chi connectivity index (χ4n) is 9.35. The van der Waals surface area contributed by atoms with E-state index in [-0.39, 0.29) is 30.6 Å². The second-order valence-corrected chi connectivity index (χ2v) is 13.6. The Kier molecular flexibility index (Phi) is 6.54. The quantitative estimate of drug-likeness (QED) is 0.152. The number of imide groups is 1. The van der Waals surface area contributed by atoms with Gasteiger partial charge in [0.15, 0.2) is 28.8 Å². The van der Waals surface area contributed by atoms with E-state index < -0.39 is 40.4 Å². The van der Waals surface area contributed by atoms with Gasteiger partial charge in [0, 0.05) is 0 Å². The van der Waals surface area contributed by atoms with Crippen LogP contribution < -0.4 is 23.8 Å². The highest BCUT2D eigenvalue weighted by Crippen LogP contribution is 2.74. The molecule has 5 aliphatic rings. The average molecular weight is 704 g/mol. The largest absolute Gasteiger partial charge is 0.465 e. The molecule has 0 unspecified atom stereocenters. The number of ketones is 1. The number of allylic oxidation sites excluding steroid dienone is 2. The molecule has 10 nitrogen and oxygen atoms in total. The minimum absolute atomic E-state index is 0.0466. The maximum atomic E-state index is 16.2. The molecule has 1 saturated heterocycles. The van der Waals surface area contributed by atoms with Crippen molar-refractivity contribution in [2.75, 3.05) is 25.6 Å². The van der Waals surface area contributed by atoms with Gasteiger partial charge in [0.2, 0.25) is 25.4 Å². The van der Waals surface area contributed by atoms with E-state index in [0.717, 1.165) is 0 Å². The normalized spacial score (nSPS) is 24.6. The highest BCUT2D eigenvalue weighted by molar-refractivity contribution is 6.39. The third kappa shape index (κ3) is 3.92. The molecule has 1 saturated carbocycles.